The lowest BCUT2D eigenvalue weighted by Gasteiger charge is -2.32. The fourth-order valence-corrected chi connectivity index (χ4v) is 2.80. The number of amides is 1. The van der Waals surface area contributed by atoms with Crippen molar-refractivity contribution < 1.29 is 14.3 Å². The van der Waals surface area contributed by atoms with Crippen molar-refractivity contribution >= 4 is 17.5 Å². The lowest BCUT2D eigenvalue weighted by atomic mass is 9.95. The standard InChI is InChI=1S/C14H17ClFNO2/c15-6-5-10-2-1-7-17(9-10)14(19)12-4-3-11(18)8-13(12)16/h3-4,8,10,18H,1-2,5-7,9H2. The van der Waals surface area contributed by atoms with E-state index in [9.17, 15) is 9.18 Å². The number of nitrogens with zero attached hydrogens (tertiary/aromatic N) is 1. The summed E-state index contributed by atoms with van der Waals surface area (Å²) in [6.07, 6.45) is 2.87. The lowest BCUT2D eigenvalue weighted by molar-refractivity contribution is 0.0667. The Morgan fingerprint density at radius 1 is 1.53 bits per heavy atom. The van der Waals surface area contributed by atoms with E-state index in [-0.39, 0.29) is 17.2 Å². The number of alkyl halides is 1. The van der Waals surface area contributed by atoms with Crippen LogP contribution in [0.1, 0.15) is 29.6 Å². The average molecular weight is 286 g/mol. The van der Waals surface area contributed by atoms with Gasteiger partial charge in [0, 0.05) is 25.0 Å². The number of aromatic hydroxyl groups is 1. The van der Waals surface area contributed by atoms with E-state index in [0.717, 1.165) is 25.3 Å². The van der Waals surface area contributed by atoms with Crippen LogP contribution in [0.5, 0.6) is 5.75 Å². The third kappa shape index (κ3) is 3.38. The summed E-state index contributed by atoms with van der Waals surface area (Å²) in [5, 5.41) is 9.16. The molecule has 1 heterocycles. The molecule has 0 spiro atoms. The summed E-state index contributed by atoms with van der Waals surface area (Å²) in [4.78, 5) is 13.9. The number of likely N-dealkylation sites (tertiary alicyclic amines) is 1. The van der Waals surface area contributed by atoms with E-state index in [4.69, 9.17) is 16.7 Å². The number of piperidine rings is 1. The second kappa shape index (κ2) is 6.24. The first-order valence-corrected chi connectivity index (χ1v) is 6.99. The van der Waals surface area contributed by atoms with Gasteiger partial charge >= 0.3 is 0 Å². The van der Waals surface area contributed by atoms with Crippen LogP contribution in [-0.4, -0.2) is 34.9 Å². The minimum atomic E-state index is -0.676. The highest BCUT2D eigenvalue weighted by Crippen LogP contribution is 2.23. The molecule has 0 aromatic heterocycles. The molecule has 1 aromatic rings. The number of phenols is 1. The summed E-state index contributed by atoms with van der Waals surface area (Å²) in [5.41, 5.74) is 0.0179. The van der Waals surface area contributed by atoms with Gasteiger partial charge in [0.25, 0.3) is 5.91 Å². The topological polar surface area (TPSA) is 40.5 Å². The SMILES string of the molecule is O=C(c1ccc(O)cc1F)N1CCCC(CCCl)C1. The molecular formula is C14H17ClFNO2. The highest BCUT2D eigenvalue weighted by molar-refractivity contribution is 6.17. The number of hydrogen-bond acceptors (Lipinski definition) is 2. The van der Waals surface area contributed by atoms with E-state index in [1.54, 1.807) is 4.90 Å². The Balaban J connectivity index is 2.10. The number of phenolic OH excluding ortho intramolecular Hbond substituents is 1. The zero-order valence-electron chi connectivity index (χ0n) is 10.6. The largest absolute Gasteiger partial charge is 0.508 e. The Labute approximate surface area is 117 Å². The predicted octanol–water partition coefficient (Wildman–Crippen LogP) is 3.01. The van der Waals surface area contributed by atoms with E-state index in [1.165, 1.54) is 12.1 Å². The molecule has 19 heavy (non-hydrogen) atoms. The molecule has 1 aliphatic rings. The lowest BCUT2D eigenvalue weighted by Crippen LogP contribution is -2.40. The minimum Gasteiger partial charge on any atom is -0.508 e. The molecule has 1 amide bonds. The number of carbonyl (C=O) groups is 1. The minimum absolute atomic E-state index is 0.0179. The van der Waals surface area contributed by atoms with Crippen LogP contribution < -0.4 is 0 Å². The van der Waals surface area contributed by atoms with Gasteiger partial charge in [-0.15, -0.1) is 11.6 Å². The van der Waals surface area contributed by atoms with Crippen molar-refractivity contribution in [3.8, 4) is 5.75 Å². The molecular weight excluding hydrogens is 269 g/mol. The highest BCUT2D eigenvalue weighted by atomic mass is 35.5. The van der Waals surface area contributed by atoms with Crippen molar-refractivity contribution in [2.75, 3.05) is 19.0 Å². The fraction of sp³-hybridized carbons (Fsp3) is 0.500. The molecule has 104 valence electrons. The number of benzene rings is 1. The van der Waals surface area contributed by atoms with Crippen molar-refractivity contribution in [3.05, 3.63) is 29.6 Å². The van der Waals surface area contributed by atoms with Crippen LogP contribution in [0.25, 0.3) is 0 Å². The molecule has 1 atom stereocenters. The first-order chi connectivity index (χ1) is 9.11. The van der Waals surface area contributed by atoms with Gasteiger partial charge in [-0.05, 0) is 37.3 Å². The summed E-state index contributed by atoms with van der Waals surface area (Å²) >= 11 is 5.73. The third-order valence-corrected chi connectivity index (χ3v) is 3.72. The molecule has 3 nitrogen and oxygen atoms in total. The van der Waals surface area contributed by atoms with E-state index in [1.807, 2.05) is 0 Å². The van der Waals surface area contributed by atoms with Crippen molar-refractivity contribution in [2.45, 2.75) is 19.3 Å². The monoisotopic (exact) mass is 285 g/mol. The molecule has 5 heteroatoms. The third-order valence-electron chi connectivity index (χ3n) is 3.51. The Kier molecular flexibility index (Phi) is 4.64. The fourth-order valence-electron chi connectivity index (χ4n) is 2.49. The zero-order chi connectivity index (χ0) is 13.8. The molecule has 2 rings (SSSR count). The summed E-state index contributed by atoms with van der Waals surface area (Å²) in [6, 6.07) is 3.63. The summed E-state index contributed by atoms with van der Waals surface area (Å²) < 4.78 is 13.7. The van der Waals surface area contributed by atoms with Gasteiger partial charge in [-0.2, -0.15) is 0 Å². The summed E-state index contributed by atoms with van der Waals surface area (Å²) in [7, 11) is 0. The number of carbonyl (C=O) groups excluding carboxylic acids is 1. The van der Waals surface area contributed by atoms with E-state index < -0.39 is 5.82 Å². The highest BCUT2D eigenvalue weighted by Gasteiger charge is 2.25. The van der Waals surface area contributed by atoms with Crippen LogP contribution in [0.4, 0.5) is 4.39 Å². The van der Waals surface area contributed by atoms with E-state index in [2.05, 4.69) is 0 Å². The van der Waals surface area contributed by atoms with Crippen LogP contribution >= 0.6 is 11.6 Å². The van der Waals surface area contributed by atoms with E-state index in [0.29, 0.717) is 24.9 Å². The van der Waals surface area contributed by atoms with Crippen molar-refractivity contribution in [1.29, 1.82) is 0 Å². The molecule has 0 aliphatic carbocycles. The predicted molar refractivity (Wildman–Crippen MR) is 72.0 cm³/mol. The maximum atomic E-state index is 13.7. The normalized spacial score (nSPS) is 19.5. The first-order valence-electron chi connectivity index (χ1n) is 6.45. The summed E-state index contributed by atoms with van der Waals surface area (Å²) in [5.74, 6) is -0.176. The van der Waals surface area contributed by atoms with Crippen molar-refractivity contribution in [3.63, 3.8) is 0 Å². The Bertz CT molecular complexity index is 465. The van der Waals surface area contributed by atoms with Gasteiger partial charge in [-0.3, -0.25) is 4.79 Å². The zero-order valence-corrected chi connectivity index (χ0v) is 11.4. The molecule has 0 radical (unpaired) electrons. The van der Waals surface area contributed by atoms with Gasteiger partial charge < -0.3 is 10.0 Å². The first kappa shape index (κ1) is 14.1. The summed E-state index contributed by atoms with van der Waals surface area (Å²) in [6.45, 7) is 1.28. The second-order valence-corrected chi connectivity index (χ2v) is 5.28. The van der Waals surface area contributed by atoms with Gasteiger partial charge in [0.1, 0.15) is 11.6 Å². The smallest absolute Gasteiger partial charge is 0.256 e. The molecule has 1 saturated heterocycles. The van der Waals surface area contributed by atoms with Crippen LogP contribution in [0.15, 0.2) is 18.2 Å². The molecule has 1 aromatic carbocycles. The maximum Gasteiger partial charge on any atom is 0.256 e. The van der Waals surface area contributed by atoms with Crippen LogP contribution in [-0.2, 0) is 0 Å². The Morgan fingerprint density at radius 3 is 3.00 bits per heavy atom. The number of hydrogen-bond donors (Lipinski definition) is 1. The molecule has 1 fully saturated rings. The molecule has 0 saturated carbocycles. The van der Waals surface area contributed by atoms with Crippen LogP contribution in [0.3, 0.4) is 0 Å². The molecule has 1 aliphatic heterocycles. The van der Waals surface area contributed by atoms with Gasteiger partial charge in [-0.1, -0.05) is 0 Å². The van der Waals surface area contributed by atoms with E-state index >= 15 is 0 Å². The van der Waals surface area contributed by atoms with Gasteiger partial charge in [0.15, 0.2) is 0 Å². The maximum absolute atomic E-state index is 13.7. The Morgan fingerprint density at radius 2 is 2.32 bits per heavy atom. The number of rotatable bonds is 3. The van der Waals surface area contributed by atoms with Crippen LogP contribution in [0, 0.1) is 11.7 Å². The van der Waals surface area contributed by atoms with Gasteiger partial charge in [-0.25, -0.2) is 4.39 Å². The number of halogens is 2. The van der Waals surface area contributed by atoms with Gasteiger partial charge in [0.05, 0.1) is 5.56 Å². The van der Waals surface area contributed by atoms with Crippen molar-refractivity contribution in [2.24, 2.45) is 5.92 Å². The molecule has 1 N–H and O–H groups in total. The van der Waals surface area contributed by atoms with Crippen molar-refractivity contribution in [1.82, 2.24) is 4.90 Å². The average Bonchev–Trinajstić information content (AvgIpc) is 2.39. The molecule has 0 bridgehead atoms. The second-order valence-electron chi connectivity index (χ2n) is 4.90. The molecule has 1 unspecified atom stereocenters. The quantitative estimate of drug-likeness (QED) is 0.867. The van der Waals surface area contributed by atoms with Gasteiger partial charge in [0.2, 0.25) is 0 Å². The van der Waals surface area contributed by atoms with Crippen LogP contribution in [0.2, 0.25) is 0 Å². The Hall–Kier alpha value is -1.29.